The third kappa shape index (κ3) is 2.58. The van der Waals surface area contributed by atoms with Crippen LogP contribution in [0.25, 0.3) is 0 Å². The normalized spacial score (nSPS) is 10.9. The van der Waals surface area contributed by atoms with Crippen LogP contribution in [0.3, 0.4) is 0 Å². The van der Waals surface area contributed by atoms with E-state index in [0.717, 1.165) is 0 Å². The molecule has 3 nitrogen and oxygen atoms in total. The Kier molecular flexibility index (Phi) is 3.90. The van der Waals surface area contributed by atoms with Gasteiger partial charge in [0.15, 0.2) is 5.01 Å². The highest BCUT2D eigenvalue weighted by Gasteiger charge is 2.36. The highest BCUT2D eigenvalue weighted by Crippen LogP contribution is 2.33. The number of alkyl halides is 3. The van der Waals surface area contributed by atoms with E-state index in [4.69, 9.17) is 5.11 Å². The molecule has 80 valence electrons. The summed E-state index contributed by atoms with van der Waals surface area (Å²) in [7, 11) is 0. The molecular weight excluding hydrogens is 243 g/mol. The van der Waals surface area contributed by atoms with Crippen molar-refractivity contribution in [2.24, 2.45) is 0 Å². The number of thiazole rings is 1. The standard InChI is InChI=1S/C6H4F3NO2S.ClH/c1-2-3(4(11)12)13-5(10-2)6(7,8)9;/h1H3,(H,11,12);1H. The Bertz CT molecular complexity index is 349. The first kappa shape index (κ1) is 13.2. The van der Waals surface area contributed by atoms with Crippen LogP contribution in [0.5, 0.6) is 0 Å². The summed E-state index contributed by atoms with van der Waals surface area (Å²) in [4.78, 5) is 13.1. The molecule has 0 aliphatic heterocycles. The van der Waals surface area contributed by atoms with Gasteiger partial charge in [-0.05, 0) is 6.92 Å². The zero-order valence-corrected chi connectivity index (χ0v) is 8.39. The SMILES string of the molecule is Cc1nc(C(F)(F)F)sc1C(=O)O.Cl. The van der Waals surface area contributed by atoms with Crippen molar-refractivity contribution >= 4 is 29.7 Å². The van der Waals surface area contributed by atoms with E-state index in [1.807, 2.05) is 0 Å². The molecule has 0 fully saturated rings. The van der Waals surface area contributed by atoms with Gasteiger partial charge in [0.25, 0.3) is 0 Å². The molecule has 0 aromatic carbocycles. The van der Waals surface area contributed by atoms with Crippen LogP contribution in [0.4, 0.5) is 13.2 Å². The van der Waals surface area contributed by atoms with Crippen LogP contribution in [-0.2, 0) is 6.18 Å². The van der Waals surface area contributed by atoms with Crippen molar-refractivity contribution in [2.75, 3.05) is 0 Å². The number of halogens is 4. The van der Waals surface area contributed by atoms with Gasteiger partial charge in [-0.1, -0.05) is 0 Å². The number of aromatic nitrogens is 1. The Hall–Kier alpha value is -0.820. The lowest BCUT2D eigenvalue weighted by Gasteiger charge is -1.98. The molecule has 0 aliphatic rings. The lowest BCUT2D eigenvalue weighted by molar-refractivity contribution is -0.137. The topological polar surface area (TPSA) is 50.2 Å². The van der Waals surface area contributed by atoms with Gasteiger partial charge in [0.05, 0.1) is 5.69 Å². The van der Waals surface area contributed by atoms with Crippen molar-refractivity contribution in [3.05, 3.63) is 15.6 Å². The van der Waals surface area contributed by atoms with Crippen molar-refractivity contribution in [2.45, 2.75) is 13.1 Å². The summed E-state index contributed by atoms with van der Waals surface area (Å²) >= 11 is 0.139. The predicted octanol–water partition coefficient (Wildman–Crippen LogP) is 2.59. The smallest absolute Gasteiger partial charge is 0.443 e. The molecule has 14 heavy (non-hydrogen) atoms. The van der Waals surface area contributed by atoms with Crippen LogP contribution in [0.2, 0.25) is 0 Å². The highest BCUT2D eigenvalue weighted by atomic mass is 35.5. The maximum atomic E-state index is 12.0. The molecule has 1 aromatic heterocycles. The molecule has 1 rings (SSSR count). The third-order valence-corrected chi connectivity index (χ3v) is 2.42. The third-order valence-electron chi connectivity index (χ3n) is 1.23. The van der Waals surface area contributed by atoms with Crippen molar-refractivity contribution in [3.63, 3.8) is 0 Å². The molecule has 0 saturated heterocycles. The number of carboxylic acid groups (broad SMARTS) is 1. The number of hydrogen-bond donors (Lipinski definition) is 1. The van der Waals surface area contributed by atoms with Crippen LogP contribution in [0.15, 0.2) is 0 Å². The number of nitrogens with zero attached hydrogens (tertiary/aromatic N) is 1. The molecule has 0 radical (unpaired) electrons. The van der Waals surface area contributed by atoms with E-state index in [1.165, 1.54) is 6.92 Å². The lowest BCUT2D eigenvalue weighted by atomic mass is 10.4. The molecule has 1 heterocycles. The second-order valence-electron chi connectivity index (χ2n) is 2.24. The molecule has 0 atom stereocenters. The number of hydrogen-bond acceptors (Lipinski definition) is 3. The summed E-state index contributed by atoms with van der Waals surface area (Å²) in [6.07, 6.45) is -4.57. The van der Waals surface area contributed by atoms with Crippen LogP contribution in [0.1, 0.15) is 20.4 Å². The largest absolute Gasteiger partial charge is 0.477 e. The second kappa shape index (κ2) is 4.14. The van der Waals surface area contributed by atoms with Gasteiger partial charge in [-0.15, -0.1) is 23.7 Å². The first-order valence-corrected chi connectivity index (χ1v) is 3.92. The molecule has 0 aliphatic carbocycles. The van der Waals surface area contributed by atoms with Gasteiger partial charge in [-0.25, -0.2) is 9.78 Å². The predicted molar refractivity (Wildman–Crippen MR) is 46.1 cm³/mol. The Morgan fingerprint density at radius 2 is 2.00 bits per heavy atom. The van der Waals surface area contributed by atoms with Gasteiger partial charge in [0.1, 0.15) is 4.88 Å². The van der Waals surface area contributed by atoms with E-state index < -0.39 is 17.2 Å². The molecule has 8 heteroatoms. The fourth-order valence-corrected chi connectivity index (χ4v) is 1.49. The average molecular weight is 248 g/mol. The fourth-order valence-electron chi connectivity index (χ4n) is 0.716. The number of aromatic carboxylic acids is 1. The zero-order valence-electron chi connectivity index (χ0n) is 6.75. The van der Waals surface area contributed by atoms with Crippen LogP contribution in [0, 0.1) is 6.92 Å². The zero-order chi connectivity index (χ0) is 10.2. The average Bonchev–Trinajstić information content (AvgIpc) is 2.29. The summed E-state index contributed by atoms with van der Waals surface area (Å²) in [6.45, 7) is 1.23. The van der Waals surface area contributed by atoms with Gasteiger partial charge < -0.3 is 5.11 Å². The lowest BCUT2D eigenvalue weighted by Crippen LogP contribution is -2.03. The van der Waals surface area contributed by atoms with E-state index in [0.29, 0.717) is 0 Å². The van der Waals surface area contributed by atoms with E-state index in [1.54, 1.807) is 0 Å². The first-order chi connectivity index (χ1) is 5.82. The maximum absolute atomic E-state index is 12.0. The first-order valence-electron chi connectivity index (χ1n) is 3.10. The monoisotopic (exact) mass is 247 g/mol. The number of carboxylic acids is 1. The van der Waals surface area contributed by atoms with Crippen molar-refractivity contribution < 1.29 is 23.1 Å². The van der Waals surface area contributed by atoms with Crippen LogP contribution >= 0.6 is 23.7 Å². The fraction of sp³-hybridized carbons (Fsp3) is 0.333. The van der Waals surface area contributed by atoms with Crippen LogP contribution < -0.4 is 0 Å². The summed E-state index contributed by atoms with van der Waals surface area (Å²) < 4.78 is 36.0. The van der Waals surface area contributed by atoms with Gasteiger partial charge >= 0.3 is 12.1 Å². The van der Waals surface area contributed by atoms with E-state index >= 15 is 0 Å². The Morgan fingerprint density at radius 3 is 2.21 bits per heavy atom. The molecule has 0 saturated carbocycles. The quantitative estimate of drug-likeness (QED) is 0.830. The van der Waals surface area contributed by atoms with E-state index in [2.05, 4.69) is 4.98 Å². The molecule has 0 amide bonds. The van der Waals surface area contributed by atoms with Crippen molar-refractivity contribution in [1.29, 1.82) is 0 Å². The molecule has 0 bridgehead atoms. The van der Waals surface area contributed by atoms with Gasteiger partial charge in [0.2, 0.25) is 0 Å². The van der Waals surface area contributed by atoms with Gasteiger partial charge in [-0.3, -0.25) is 0 Å². The summed E-state index contributed by atoms with van der Waals surface area (Å²) in [6, 6.07) is 0. The molecule has 1 N–H and O–H groups in total. The minimum atomic E-state index is -4.57. The van der Waals surface area contributed by atoms with Crippen molar-refractivity contribution in [1.82, 2.24) is 4.98 Å². The van der Waals surface area contributed by atoms with Crippen molar-refractivity contribution in [3.8, 4) is 0 Å². The highest BCUT2D eigenvalue weighted by molar-refractivity contribution is 7.13. The van der Waals surface area contributed by atoms with E-state index in [-0.39, 0.29) is 34.3 Å². The molecule has 0 spiro atoms. The second-order valence-corrected chi connectivity index (χ2v) is 3.24. The number of carbonyl (C=O) groups is 1. The van der Waals surface area contributed by atoms with Crippen LogP contribution in [-0.4, -0.2) is 16.1 Å². The van der Waals surface area contributed by atoms with E-state index in [9.17, 15) is 18.0 Å². The summed E-state index contributed by atoms with van der Waals surface area (Å²) in [5.41, 5.74) is -0.107. The minimum Gasteiger partial charge on any atom is -0.477 e. The molecular formula is C6H5ClF3NO2S. The maximum Gasteiger partial charge on any atom is 0.443 e. The Morgan fingerprint density at radius 1 is 1.50 bits per heavy atom. The Labute approximate surface area is 87.0 Å². The number of aryl methyl sites for hydroxylation is 1. The molecule has 1 aromatic rings. The van der Waals surface area contributed by atoms with Gasteiger partial charge in [-0.2, -0.15) is 13.2 Å². The van der Waals surface area contributed by atoms with Gasteiger partial charge in [0, 0.05) is 0 Å². The minimum absolute atomic E-state index is 0. The summed E-state index contributed by atoms with van der Waals surface area (Å²) in [5, 5.41) is 7.33. The Balaban J connectivity index is 0.00000169. The number of rotatable bonds is 1. The molecule has 0 unspecified atom stereocenters. The summed E-state index contributed by atoms with van der Waals surface area (Å²) in [5.74, 6) is -1.38.